The molecule has 92 valence electrons. The lowest BCUT2D eigenvalue weighted by Crippen LogP contribution is -2.19. The number of likely N-dealkylation sites (N-methyl/N-ethyl adjacent to an activating group) is 1. The van der Waals surface area contributed by atoms with Gasteiger partial charge >= 0.3 is 0 Å². The minimum Gasteiger partial charge on any atom is -0.492 e. The normalized spacial score (nSPS) is 10.6. The summed E-state index contributed by atoms with van der Waals surface area (Å²) < 4.78 is 5.67. The van der Waals surface area contributed by atoms with E-state index in [1.165, 1.54) is 0 Å². The highest BCUT2D eigenvalue weighted by molar-refractivity contribution is 5.85. The minimum absolute atomic E-state index is 0.675. The van der Waals surface area contributed by atoms with Gasteiger partial charge in [-0.2, -0.15) is 5.26 Å². The van der Waals surface area contributed by atoms with Gasteiger partial charge < -0.3 is 9.64 Å². The molecule has 0 aliphatic heterocycles. The molecule has 2 aromatic rings. The maximum atomic E-state index is 8.84. The van der Waals surface area contributed by atoms with Crippen molar-refractivity contribution in [3.63, 3.8) is 0 Å². The monoisotopic (exact) mass is 240 g/mol. The van der Waals surface area contributed by atoms with Gasteiger partial charge in [-0.15, -0.1) is 0 Å². The molecule has 0 amide bonds. The van der Waals surface area contributed by atoms with E-state index in [1.54, 1.807) is 0 Å². The van der Waals surface area contributed by atoms with Crippen molar-refractivity contribution in [2.75, 3.05) is 27.2 Å². The standard InChI is InChI=1S/C15H16N2O/c1-17(2)7-8-18-15-6-5-13-9-12(11-16)3-4-14(13)10-15/h3-6,9-10H,7-8H2,1-2H3. The minimum atomic E-state index is 0.675. The third-order valence-corrected chi connectivity index (χ3v) is 2.75. The average Bonchev–Trinajstić information content (AvgIpc) is 2.37. The molecule has 3 heteroatoms. The van der Waals surface area contributed by atoms with Crippen molar-refractivity contribution < 1.29 is 4.74 Å². The Morgan fingerprint density at radius 2 is 1.83 bits per heavy atom. The number of fused-ring (bicyclic) bond motifs is 1. The van der Waals surface area contributed by atoms with E-state index in [0.29, 0.717) is 12.2 Å². The van der Waals surface area contributed by atoms with Crippen LogP contribution in [0.3, 0.4) is 0 Å². The first-order chi connectivity index (χ1) is 8.69. The summed E-state index contributed by atoms with van der Waals surface area (Å²) in [6.45, 7) is 1.57. The van der Waals surface area contributed by atoms with Gasteiger partial charge in [0, 0.05) is 6.54 Å². The molecule has 0 unspecified atom stereocenters. The van der Waals surface area contributed by atoms with Gasteiger partial charge in [0.2, 0.25) is 0 Å². The maximum Gasteiger partial charge on any atom is 0.120 e. The van der Waals surface area contributed by atoms with Gasteiger partial charge in [0.05, 0.1) is 11.6 Å². The number of rotatable bonds is 4. The molecular weight excluding hydrogens is 224 g/mol. The van der Waals surface area contributed by atoms with E-state index in [4.69, 9.17) is 10.00 Å². The molecular formula is C15H16N2O. The first-order valence-corrected chi connectivity index (χ1v) is 5.90. The summed E-state index contributed by atoms with van der Waals surface area (Å²) in [4.78, 5) is 2.08. The van der Waals surface area contributed by atoms with Crippen LogP contribution in [0.1, 0.15) is 5.56 Å². The second-order valence-corrected chi connectivity index (χ2v) is 4.49. The van der Waals surface area contributed by atoms with Crippen LogP contribution in [0.2, 0.25) is 0 Å². The Kier molecular flexibility index (Phi) is 3.81. The lowest BCUT2D eigenvalue weighted by atomic mass is 10.1. The van der Waals surface area contributed by atoms with Crippen molar-refractivity contribution in [3.8, 4) is 11.8 Å². The molecule has 2 aromatic carbocycles. The fourth-order valence-electron chi connectivity index (χ4n) is 1.73. The number of benzene rings is 2. The third kappa shape index (κ3) is 2.99. The molecule has 0 aliphatic carbocycles. The number of ether oxygens (including phenoxy) is 1. The van der Waals surface area contributed by atoms with E-state index in [1.807, 2.05) is 50.5 Å². The van der Waals surface area contributed by atoms with Crippen LogP contribution in [0.25, 0.3) is 10.8 Å². The SMILES string of the molecule is CN(C)CCOc1ccc2cc(C#N)ccc2c1. The van der Waals surface area contributed by atoms with Gasteiger partial charge in [-0.3, -0.25) is 0 Å². The lowest BCUT2D eigenvalue weighted by molar-refractivity contribution is 0.261. The Balaban J connectivity index is 2.15. The summed E-state index contributed by atoms with van der Waals surface area (Å²) in [5, 5.41) is 11.0. The van der Waals surface area contributed by atoms with E-state index in [9.17, 15) is 0 Å². The zero-order valence-electron chi connectivity index (χ0n) is 10.7. The van der Waals surface area contributed by atoms with Crippen LogP contribution >= 0.6 is 0 Å². The highest BCUT2D eigenvalue weighted by Crippen LogP contribution is 2.21. The molecule has 0 aromatic heterocycles. The zero-order valence-corrected chi connectivity index (χ0v) is 10.7. The quantitative estimate of drug-likeness (QED) is 0.824. The highest BCUT2D eigenvalue weighted by Gasteiger charge is 1.99. The molecule has 0 spiro atoms. The molecule has 0 atom stereocenters. The molecule has 0 fully saturated rings. The van der Waals surface area contributed by atoms with Gasteiger partial charge in [0.15, 0.2) is 0 Å². The fourth-order valence-corrected chi connectivity index (χ4v) is 1.73. The molecule has 0 bridgehead atoms. The summed E-state index contributed by atoms with van der Waals surface area (Å²) >= 11 is 0. The first kappa shape index (κ1) is 12.4. The third-order valence-electron chi connectivity index (χ3n) is 2.75. The smallest absolute Gasteiger partial charge is 0.120 e. The van der Waals surface area contributed by atoms with Crippen LogP contribution in [-0.2, 0) is 0 Å². The van der Waals surface area contributed by atoms with Crippen LogP contribution in [-0.4, -0.2) is 32.1 Å². The Morgan fingerprint density at radius 1 is 1.11 bits per heavy atom. The second kappa shape index (κ2) is 5.52. The lowest BCUT2D eigenvalue weighted by Gasteiger charge is -2.11. The Labute approximate surface area is 107 Å². The molecule has 0 saturated carbocycles. The first-order valence-electron chi connectivity index (χ1n) is 5.90. The second-order valence-electron chi connectivity index (χ2n) is 4.49. The molecule has 0 N–H and O–H groups in total. The summed E-state index contributed by atoms with van der Waals surface area (Å²) in [5.41, 5.74) is 0.684. The van der Waals surface area contributed by atoms with E-state index in [2.05, 4.69) is 11.0 Å². The summed E-state index contributed by atoms with van der Waals surface area (Å²) in [6, 6.07) is 13.7. The number of nitriles is 1. The molecule has 2 rings (SSSR count). The summed E-state index contributed by atoms with van der Waals surface area (Å²) in [5.74, 6) is 0.869. The number of nitrogens with zero attached hydrogens (tertiary/aromatic N) is 2. The highest BCUT2D eigenvalue weighted by atomic mass is 16.5. The van der Waals surface area contributed by atoms with Crippen LogP contribution in [0.15, 0.2) is 36.4 Å². The van der Waals surface area contributed by atoms with Crippen LogP contribution in [0.4, 0.5) is 0 Å². The van der Waals surface area contributed by atoms with Gasteiger partial charge in [-0.05, 0) is 49.1 Å². The molecule has 0 aliphatic rings. The molecule has 0 radical (unpaired) electrons. The average molecular weight is 240 g/mol. The van der Waals surface area contributed by atoms with E-state index in [0.717, 1.165) is 23.1 Å². The Hall–Kier alpha value is -2.05. The van der Waals surface area contributed by atoms with Gasteiger partial charge in [-0.1, -0.05) is 12.1 Å². The van der Waals surface area contributed by atoms with Crippen LogP contribution < -0.4 is 4.74 Å². The van der Waals surface area contributed by atoms with Gasteiger partial charge in [0.25, 0.3) is 0 Å². The fraction of sp³-hybridized carbons (Fsp3) is 0.267. The topological polar surface area (TPSA) is 36.3 Å². The molecule has 0 saturated heterocycles. The largest absolute Gasteiger partial charge is 0.492 e. The van der Waals surface area contributed by atoms with Crippen molar-refractivity contribution in [2.45, 2.75) is 0 Å². The molecule has 18 heavy (non-hydrogen) atoms. The summed E-state index contributed by atoms with van der Waals surface area (Å²) in [7, 11) is 4.04. The molecule has 0 heterocycles. The van der Waals surface area contributed by atoms with E-state index < -0.39 is 0 Å². The number of hydrogen-bond acceptors (Lipinski definition) is 3. The van der Waals surface area contributed by atoms with Gasteiger partial charge in [0.1, 0.15) is 12.4 Å². The predicted molar refractivity (Wildman–Crippen MR) is 72.7 cm³/mol. The van der Waals surface area contributed by atoms with Crippen molar-refractivity contribution in [2.24, 2.45) is 0 Å². The zero-order chi connectivity index (χ0) is 13.0. The Bertz CT molecular complexity index is 585. The Morgan fingerprint density at radius 3 is 2.56 bits per heavy atom. The van der Waals surface area contributed by atoms with Crippen molar-refractivity contribution in [1.29, 1.82) is 5.26 Å². The van der Waals surface area contributed by atoms with Crippen molar-refractivity contribution in [1.82, 2.24) is 4.90 Å². The molecule has 3 nitrogen and oxygen atoms in total. The van der Waals surface area contributed by atoms with Crippen molar-refractivity contribution >= 4 is 10.8 Å². The maximum absolute atomic E-state index is 8.84. The summed E-state index contributed by atoms with van der Waals surface area (Å²) in [6.07, 6.45) is 0. The van der Waals surface area contributed by atoms with E-state index in [-0.39, 0.29) is 0 Å². The van der Waals surface area contributed by atoms with E-state index >= 15 is 0 Å². The predicted octanol–water partition coefficient (Wildman–Crippen LogP) is 2.65. The van der Waals surface area contributed by atoms with Crippen LogP contribution in [0, 0.1) is 11.3 Å². The number of hydrogen-bond donors (Lipinski definition) is 0. The van der Waals surface area contributed by atoms with Gasteiger partial charge in [-0.25, -0.2) is 0 Å². The van der Waals surface area contributed by atoms with Crippen LogP contribution in [0.5, 0.6) is 5.75 Å². The van der Waals surface area contributed by atoms with Crippen molar-refractivity contribution in [3.05, 3.63) is 42.0 Å².